The minimum Gasteiger partial charge on any atom is -0.394 e. The predicted molar refractivity (Wildman–Crippen MR) is 128 cm³/mol. The van der Waals surface area contributed by atoms with Crippen LogP contribution in [-0.2, 0) is 65.9 Å². The van der Waals surface area contributed by atoms with Crippen LogP contribution in [0.5, 0.6) is 0 Å². The van der Waals surface area contributed by atoms with Crippen molar-refractivity contribution in [2.24, 2.45) is 0 Å². The third-order valence-electron chi connectivity index (χ3n) is 2.83. The van der Waals surface area contributed by atoms with E-state index in [2.05, 4.69) is 27.8 Å². The molecule has 0 amide bonds. The van der Waals surface area contributed by atoms with Crippen molar-refractivity contribution in [2.45, 2.75) is 0 Å². The molecule has 0 aromatic rings. The molecule has 0 aromatic heterocycles. The fourth-order valence-corrected chi connectivity index (χ4v) is 1.53. The Hall–Kier alpha value is 1.36. The van der Waals surface area contributed by atoms with Crippen LogP contribution in [0.1, 0.15) is 0 Å². The second kappa shape index (κ2) is 51.9. The second-order valence-corrected chi connectivity index (χ2v) is 6.00. The van der Waals surface area contributed by atoms with E-state index in [0.717, 1.165) is 0 Å². The molecule has 13 heteroatoms. The molecule has 1 radical (unpaired) electrons. The van der Waals surface area contributed by atoms with Gasteiger partial charge >= 0.3 is 0 Å². The molecule has 0 rings (SSSR count). The van der Waals surface area contributed by atoms with E-state index in [1.807, 2.05) is 0 Å². The molecule has 0 aromatic carbocycles. The number of aliphatic hydroxyl groups excluding tert-OH is 3. The molecule has 3 N–H and O–H groups in total. The summed E-state index contributed by atoms with van der Waals surface area (Å²) in [5.41, 5.74) is 0. The number of alkyl halides is 1. The Kier molecular flexibility index (Phi) is 68.5. The summed E-state index contributed by atoms with van der Waals surface area (Å²) in [4.78, 5) is 0. The van der Waals surface area contributed by atoms with Gasteiger partial charge in [0.05, 0.1) is 111 Å². The molecule has 0 heterocycles. The van der Waals surface area contributed by atoms with Gasteiger partial charge in [-0.25, -0.2) is 0 Å². The van der Waals surface area contributed by atoms with E-state index in [4.69, 9.17) is 61.3 Å². The van der Waals surface area contributed by atoms with Gasteiger partial charge in [-0.2, -0.15) is 0 Å². The van der Waals surface area contributed by atoms with Gasteiger partial charge in [-0.3, -0.25) is 0 Å². The van der Waals surface area contributed by atoms with E-state index in [1.165, 1.54) is 0 Å². The van der Waals surface area contributed by atoms with Gasteiger partial charge in [0.25, 0.3) is 0 Å². The van der Waals surface area contributed by atoms with Crippen molar-refractivity contribution in [1.82, 2.24) is 0 Å². The van der Waals surface area contributed by atoms with Gasteiger partial charge in [0.2, 0.25) is 0 Å². The maximum atomic E-state index is 8.42. The number of terminal acetylenes is 2. The van der Waals surface area contributed by atoms with Crippen LogP contribution >= 0.6 is 15.9 Å². The number of halogens is 1. The first-order chi connectivity index (χ1) is 16.2. The summed E-state index contributed by atoms with van der Waals surface area (Å²) in [5.74, 6) is 4.72. The normalized spacial score (nSPS) is 9.20. The number of aliphatic hydroxyl groups is 3. The molecular formula is C22H41BrO10UY. The van der Waals surface area contributed by atoms with Crippen LogP contribution in [0, 0.1) is 55.8 Å². The van der Waals surface area contributed by atoms with E-state index in [1.54, 1.807) is 0 Å². The van der Waals surface area contributed by atoms with E-state index in [0.29, 0.717) is 97.8 Å². The van der Waals surface area contributed by atoms with Crippen LogP contribution in [0.4, 0.5) is 0 Å². The predicted octanol–water partition coefficient (Wildman–Crippen LogP) is -0.289. The molecule has 10 nitrogen and oxygen atoms in total. The second-order valence-electron chi connectivity index (χ2n) is 5.44. The average molecular weight is 872 g/mol. The van der Waals surface area contributed by atoms with Gasteiger partial charge in [-0.15, -0.1) is 12.8 Å². The standard InChI is InChI=1S/C11H20O5.C8H18O5.C3H3Br.U.Y/c1-2-4-13-6-8-15-10-11-16-9-7-14-5-3-12;9-1-3-11-5-7-13-8-6-12-4-2-10;1-2-3-4;;/h1,12H,3-11H2;9-10H,1-8H2;1H,3H2;;. The van der Waals surface area contributed by atoms with Crippen molar-refractivity contribution in [1.29, 1.82) is 0 Å². The van der Waals surface area contributed by atoms with Gasteiger partial charge in [0.1, 0.15) is 6.61 Å². The maximum absolute atomic E-state index is 8.42. The van der Waals surface area contributed by atoms with Crippen LogP contribution in [0.3, 0.4) is 0 Å². The summed E-state index contributed by atoms with van der Waals surface area (Å²) in [5, 5.41) is 25.8. The summed E-state index contributed by atoms with van der Waals surface area (Å²) < 4.78 is 35.4. The minimum absolute atomic E-state index is 0. The average Bonchev–Trinajstić information content (AvgIpc) is 2.84. The molecule has 0 atom stereocenters. The Morgan fingerprint density at radius 2 is 0.714 bits per heavy atom. The van der Waals surface area contributed by atoms with Gasteiger partial charge in [-0.1, -0.05) is 27.8 Å². The van der Waals surface area contributed by atoms with E-state index >= 15 is 0 Å². The largest absolute Gasteiger partial charge is 0.394 e. The van der Waals surface area contributed by atoms with Gasteiger partial charge in [0.15, 0.2) is 0 Å². The Morgan fingerprint density at radius 1 is 0.486 bits per heavy atom. The van der Waals surface area contributed by atoms with Crippen molar-refractivity contribution < 1.29 is 112 Å². The fraction of sp³-hybridized carbons (Fsp3) is 0.818. The first kappa shape index (κ1) is 46.2. The van der Waals surface area contributed by atoms with Crippen molar-refractivity contribution in [2.75, 3.05) is 118 Å². The first-order valence-corrected chi connectivity index (χ1v) is 11.7. The third kappa shape index (κ3) is 61.2. The summed E-state index contributed by atoms with van der Waals surface area (Å²) in [6.07, 6.45) is 9.73. The SMILES string of the molecule is C#CCBr.C#CCOCCOCCOCCOCCO.OCCOCCOCCOCCO.[U].[Y]. The minimum atomic E-state index is 0. The van der Waals surface area contributed by atoms with Crippen LogP contribution < -0.4 is 0 Å². The summed E-state index contributed by atoms with van der Waals surface area (Å²) in [7, 11) is 0. The Labute approximate surface area is 268 Å². The zero-order valence-electron chi connectivity index (χ0n) is 20.5. The zero-order valence-corrected chi connectivity index (χ0v) is 29.1. The molecule has 0 unspecified atom stereocenters. The molecule has 203 valence electrons. The van der Waals surface area contributed by atoms with Gasteiger partial charge in [-0.05, 0) is 0 Å². The quantitative estimate of drug-likeness (QED) is 0.0761. The molecule has 35 heavy (non-hydrogen) atoms. The monoisotopic (exact) mass is 871 g/mol. The van der Waals surface area contributed by atoms with Crippen molar-refractivity contribution in [3.05, 3.63) is 0 Å². The third-order valence-corrected chi connectivity index (χ3v) is 3.15. The molecule has 0 fully saturated rings. The molecule has 0 aliphatic rings. The van der Waals surface area contributed by atoms with E-state index in [9.17, 15) is 0 Å². The number of hydrogen-bond donors (Lipinski definition) is 3. The molecule has 0 aliphatic carbocycles. The summed E-state index contributed by atoms with van der Waals surface area (Å²) in [6, 6.07) is 0. The molecule has 0 spiro atoms. The molecule has 0 saturated heterocycles. The van der Waals surface area contributed by atoms with Crippen LogP contribution in [0.2, 0.25) is 0 Å². The number of hydrogen-bond acceptors (Lipinski definition) is 10. The first-order valence-electron chi connectivity index (χ1n) is 10.5. The number of ether oxygens (including phenoxy) is 7. The van der Waals surface area contributed by atoms with Gasteiger partial charge < -0.3 is 48.5 Å². The molecule has 0 bridgehead atoms. The Bertz CT molecular complexity index is 405. The molecular weight excluding hydrogens is 831 g/mol. The number of rotatable bonds is 22. The zero-order chi connectivity index (χ0) is 25.1. The van der Waals surface area contributed by atoms with Crippen molar-refractivity contribution in [3.63, 3.8) is 0 Å². The maximum Gasteiger partial charge on any atom is 0.107 e. The smallest absolute Gasteiger partial charge is 0.107 e. The van der Waals surface area contributed by atoms with Crippen molar-refractivity contribution >= 4 is 15.9 Å². The van der Waals surface area contributed by atoms with Crippen LogP contribution in [-0.4, -0.2) is 133 Å². The molecule has 0 aliphatic heterocycles. The van der Waals surface area contributed by atoms with E-state index < -0.39 is 0 Å². The Morgan fingerprint density at radius 3 is 0.914 bits per heavy atom. The summed E-state index contributed by atoms with van der Waals surface area (Å²) >= 11 is 3.01. The van der Waals surface area contributed by atoms with Crippen molar-refractivity contribution in [3.8, 4) is 24.7 Å². The van der Waals surface area contributed by atoms with Crippen LogP contribution in [0.15, 0.2) is 0 Å². The summed E-state index contributed by atoms with van der Waals surface area (Å²) in [6.45, 7) is 6.56. The fourth-order valence-electron chi connectivity index (χ4n) is 1.53. The van der Waals surface area contributed by atoms with E-state index in [-0.39, 0.29) is 83.6 Å². The van der Waals surface area contributed by atoms with Gasteiger partial charge in [0, 0.05) is 63.8 Å². The Balaban J connectivity index is -0.000000143. The topological polar surface area (TPSA) is 125 Å². The van der Waals surface area contributed by atoms with Crippen LogP contribution in [0.25, 0.3) is 0 Å². The molecule has 0 saturated carbocycles.